The van der Waals surface area contributed by atoms with E-state index in [9.17, 15) is 14.0 Å². The Morgan fingerprint density at radius 3 is 2.31 bits per heavy atom. The van der Waals surface area contributed by atoms with Crippen molar-refractivity contribution in [2.24, 2.45) is 11.8 Å². The van der Waals surface area contributed by atoms with Crippen LogP contribution in [0.3, 0.4) is 0 Å². The van der Waals surface area contributed by atoms with Crippen LogP contribution in [-0.4, -0.2) is 18.4 Å². The van der Waals surface area contributed by atoms with Gasteiger partial charge in [0.25, 0.3) is 0 Å². The zero-order valence-corrected chi connectivity index (χ0v) is 17.2. The standard InChI is InChI=1S/C24H29FN2O2/c1-3-27(22-6-4-5-17(2)15-22)24(29)20-11-9-19(10-12-20)23(28)26-16-18-7-13-21(25)14-8-18/h4-8,13-15,19-20H,3,9-12,16H2,1-2H3,(H,26,28). The van der Waals surface area contributed by atoms with Gasteiger partial charge in [0.1, 0.15) is 5.82 Å². The van der Waals surface area contributed by atoms with E-state index >= 15 is 0 Å². The molecule has 0 aromatic heterocycles. The number of hydrogen-bond donors (Lipinski definition) is 1. The number of benzene rings is 2. The summed E-state index contributed by atoms with van der Waals surface area (Å²) in [5.41, 5.74) is 2.95. The highest BCUT2D eigenvalue weighted by Crippen LogP contribution is 2.31. The summed E-state index contributed by atoms with van der Waals surface area (Å²) in [5.74, 6) is -0.200. The topological polar surface area (TPSA) is 49.4 Å². The van der Waals surface area contributed by atoms with Crippen molar-refractivity contribution in [3.63, 3.8) is 0 Å². The summed E-state index contributed by atoms with van der Waals surface area (Å²) in [4.78, 5) is 27.4. The fourth-order valence-electron chi connectivity index (χ4n) is 4.02. The van der Waals surface area contributed by atoms with Crippen LogP contribution in [0.25, 0.3) is 0 Å². The first-order valence-corrected chi connectivity index (χ1v) is 10.4. The van der Waals surface area contributed by atoms with E-state index in [1.165, 1.54) is 12.1 Å². The molecule has 2 aromatic carbocycles. The molecule has 29 heavy (non-hydrogen) atoms. The van der Waals surface area contributed by atoms with Crippen LogP contribution in [0.1, 0.15) is 43.7 Å². The van der Waals surface area contributed by atoms with Crippen molar-refractivity contribution in [3.05, 3.63) is 65.5 Å². The smallest absolute Gasteiger partial charge is 0.230 e. The Balaban J connectivity index is 1.51. The summed E-state index contributed by atoms with van der Waals surface area (Å²) in [6.45, 7) is 5.06. The van der Waals surface area contributed by atoms with E-state index in [2.05, 4.69) is 5.32 Å². The minimum atomic E-state index is -0.283. The van der Waals surface area contributed by atoms with E-state index < -0.39 is 0 Å². The molecule has 1 saturated carbocycles. The Kier molecular flexibility index (Phi) is 7.02. The van der Waals surface area contributed by atoms with Gasteiger partial charge in [0.05, 0.1) is 0 Å². The van der Waals surface area contributed by atoms with Gasteiger partial charge in [0, 0.05) is 30.6 Å². The third kappa shape index (κ3) is 5.43. The lowest BCUT2D eigenvalue weighted by Gasteiger charge is -2.31. The van der Waals surface area contributed by atoms with Crippen LogP contribution in [0.5, 0.6) is 0 Å². The number of carbonyl (C=O) groups is 2. The average Bonchev–Trinajstić information content (AvgIpc) is 2.74. The van der Waals surface area contributed by atoms with Crippen molar-refractivity contribution in [3.8, 4) is 0 Å². The zero-order chi connectivity index (χ0) is 20.8. The first-order chi connectivity index (χ1) is 14.0. The molecule has 5 heteroatoms. The molecule has 2 aromatic rings. The SMILES string of the molecule is CCN(C(=O)C1CCC(C(=O)NCc2ccc(F)cc2)CC1)c1cccc(C)c1. The molecule has 0 bridgehead atoms. The number of halogens is 1. The van der Waals surface area contributed by atoms with E-state index in [-0.39, 0.29) is 29.5 Å². The second-order valence-electron chi connectivity index (χ2n) is 7.81. The molecule has 0 heterocycles. The highest BCUT2D eigenvalue weighted by molar-refractivity contribution is 5.95. The van der Waals surface area contributed by atoms with Crippen LogP contribution < -0.4 is 10.2 Å². The Morgan fingerprint density at radius 2 is 1.69 bits per heavy atom. The lowest BCUT2D eigenvalue weighted by molar-refractivity contribution is -0.129. The summed E-state index contributed by atoms with van der Waals surface area (Å²) in [7, 11) is 0. The molecule has 1 aliphatic rings. The molecule has 0 aliphatic heterocycles. The number of aryl methyl sites for hydroxylation is 1. The van der Waals surface area contributed by atoms with Gasteiger partial charge in [-0.15, -0.1) is 0 Å². The number of nitrogens with one attached hydrogen (secondary N) is 1. The van der Waals surface area contributed by atoms with E-state index in [0.29, 0.717) is 13.1 Å². The van der Waals surface area contributed by atoms with Crippen molar-refractivity contribution in [1.82, 2.24) is 5.32 Å². The Labute approximate surface area is 172 Å². The highest BCUT2D eigenvalue weighted by atomic mass is 19.1. The molecule has 2 amide bonds. The fraction of sp³-hybridized carbons (Fsp3) is 0.417. The average molecular weight is 397 g/mol. The third-order valence-electron chi connectivity index (χ3n) is 5.72. The van der Waals surface area contributed by atoms with Gasteiger partial charge in [0.2, 0.25) is 11.8 Å². The number of amides is 2. The Morgan fingerprint density at radius 1 is 1.03 bits per heavy atom. The maximum absolute atomic E-state index is 13.1. The van der Waals surface area contributed by atoms with Gasteiger partial charge in [-0.05, 0) is 74.9 Å². The Bertz CT molecular complexity index is 842. The van der Waals surface area contributed by atoms with Crippen LogP contribution >= 0.6 is 0 Å². The van der Waals surface area contributed by atoms with Crippen LogP contribution in [0.4, 0.5) is 10.1 Å². The minimum Gasteiger partial charge on any atom is -0.352 e. The molecule has 1 N–H and O–H groups in total. The van der Waals surface area contributed by atoms with Gasteiger partial charge >= 0.3 is 0 Å². The predicted octanol–water partition coefficient (Wildman–Crippen LogP) is 4.61. The normalized spacial score (nSPS) is 18.9. The van der Waals surface area contributed by atoms with Gasteiger partial charge < -0.3 is 10.2 Å². The number of carbonyl (C=O) groups excluding carboxylic acids is 2. The molecule has 3 rings (SSSR count). The Hall–Kier alpha value is -2.69. The molecule has 0 atom stereocenters. The maximum atomic E-state index is 13.1. The molecule has 0 radical (unpaired) electrons. The van der Waals surface area contributed by atoms with E-state index in [1.54, 1.807) is 12.1 Å². The van der Waals surface area contributed by atoms with Crippen LogP contribution in [0, 0.1) is 24.6 Å². The first kappa shape index (κ1) is 21.0. The van der Waals surface area contributed by atoms with Gasteiger partial charge in [0.15, 0.2) is 0 Å². The minimum absolute atomic E-state index is 0.0197. The highest BCUT2D eigenvalue weighted by Gasteiger charge is 2.32. The second-order valence-corrected chi connectivity index (χ2v) is 7.81. The molecule has 1 fully saturated rings. The molecular formula is C24H29FN2O2. The summed E-state index contributed by atoms with van der Waals surface area (Å²) < 4.78 is 13.0. The van der Waals surface area contributed by atoms with E-state index in [0.717, 1.165) is 42.5 Å². The third-order valence-corrected chi connectivity index (χ3v) is 5.72. The maximum Gasteiger partial charge on any atom is 0.230 e. The van der Waals surface area contributed by atoms with Gasteiger partial charge in [-0.3, -0.25) is 9.59 Å². The zero-order valence-electron chi connectivity index (χ0n) is 17.2. The van der Waals surface area contributed by atoms with Gasteiger partial charge in [-0.2, -0.15) is 0 Å². The van der Waals surface area contributed by atoms with Crippen LogP contribution in [0.2, 0.25) is 0 Å². The van der Waals surface area contributed by atoms with Crippen molar-refractivity contribution in [1.29, 1.82) is 0 Å². The first-order valence-electron chi connectivity index (χ1n) is 10.4. The quantitative estimate of drug-likeness (QED) is 0.775. The van der Waals surface area contributed by atoms with Crippen LogP contribution in [-0.2, 0) is 16.1 Å². The number of hydrogen-bond acceptors (Lipinski definition) is 2. The molecule has 0 saturated heterocycles. The van der Waals surface area contributed by atoms with Crippen molar-refractivity contribution in [2.75, 3.05) is 11.4 Å². The van der Waals surface area contributed by atoms with Crippen molar-refractivity contribution in [2.45, 2.75) is 46.1 Å². The van der Waals surface area contributed by atoms with E-state index in [1.807, 2.05) is 43.0 Å². The summed E-state index contributed by atoms with van der Waals surface area (Å²) in [6.07, 6.45) is 2.90. The van der Waals surface area contributed by atoms with Crippen molar-refractivity contribution >= 4 is 17.5 Å². The largest absolute Gasteiger partial charge is 0.352 e. The number of anilines is 1. The number of nitrogens with zero attached hydrogens (tertiary/aromatic N) is 1. The van der Waals surface area contributed by atoms with Crippen LogP contribution in [0.15, 0.2) is 48.5 Å². The summed E-state index contributed by atoms with van der Waals surface area (Å²) in [6, 6.07) is 14.2. The van der Waals surface area contributed by atoms with Gasteiger partial charge in [-0.1, -0.05) is 24.3 Å². The van der Waals surface area contributed by atoms with Gasteiger partial charge in [-0.25, -0.2) is 4.39 Å². The number of rotatable bonds is 6. The molecule has 0 spiro atoms. The summed E-state index contributed by atoms with van der Waals surface area (Å²) >= 11 is 0. The molecule has 154 valence electrons. The molecule has 0 unspecified atom stereocenters. The molecular weight excluding hydrogens is 367 g/mol. The van der Waals surface area contributed by atoms with Crippen molar-refractivity contribution < 1.29 is 14.0 Å². The summed E-state index contributed by atoms with van der Waals surface area (Å²) in [5, 5.41) is 2.94. The predicted molar refractivity (Wildman–Crippen MR) is 113 cm³/mol. The lowest BCUT2D eigenvalue weighted by Crippen LogP contribution is -2.40. The molecule has 1 aliphatic carbocycles. The molecule has 4 nitrogen and oxygen atoms in total. The second kappa shape index (κ2) is 9.68. The lowest BCUT2D eigenvalue weighted by atomic mass is 9.80. The fourth-order valence-corrected chi connectivity index (χ4v) is 4.02. The monoisotopic (exact) mass is 396 g/mol. The van der Waals surface area contributed by atoms with E-state index in [4.69, 9.17) is 0 Å².